The molecule has 0 fully saturated rings. The molecule has 0 unspecified atom stereocenters. The zero-order valence-corrected chi connectivity index (χ0v) is 9.63. The molecule has 1 aliphatic rings. The van der Waals surface area contributed by atoms with Crippen LogP contribution in [0.1, 0.15) is 22.5 Å². The summed E-state index contributed by atoms with van der Waals surface area (Å²) in [4.78, 5) is 11.9. The van der Waals surface area contributed by atoms with E-state index in [1.54, 1.807) is 0 Å². The van der Waals surface area contributed by atoms with E-state index in [-0.39, 0.29) is 11.8 Å². The van der Waals surface area contributed by atoms with E-state index < -0.39 is 0 Å². The first-order valence-corrected chi connectivity index (χ1v) is 6.06. The van der Waals surface area contributed by atoms with E-state index in [1.807, 2.05) is 22.8 Å². The van der Waals surface area contributed by atoms with Gasteiger partial charge in [0.1, 0.15) is 5.88 Å². The molecule has 0 atom stereocenters. The summed E-state index contributed by atoms with van der Waals surface area (Å²) in [7, 11) is 0. The average molecular weight is 234 g/mol. The van der Waals surface area contributed by atoms with Crippen LogP contribution in [0.4, 0.5) is 0 Å². The van der Waals surface area contributed by atoms with Crippen molar-refractivity contribution >= 4 is 28.4 Å². The van der Waals surface area contributed by atoms with Crippen LogP contribution in [0.15, 0.2) is 24.3 Å². The molecule has 3 heteroatoms. The Morgan fingerprint density at radius 2 is 2.12 bits per heavy atom. The van der Waals surface area contributed by atoms with E-state index in [4.69, 9.17) is 11.6 Å². The number of nitrogens with zero attached hydrogens (tertiary/aromatic N) is 1. The van der Waals surface area contributed by atoms with Gasteiger partial charge in [-0.1, -0.05) is 18.2 Å². The van der Waals surface area contributed by atoms with Gasteiger partial charge >= 0.3 is 0 Å². The fourth-order valence-corrected chi connectivity index (χ4v) is 2.80. The first kappa shape index (κ1) is 9.91. The van der Waals surface area contributed by atoms with Crippen LogP contribution in [-0.2, 0) is 12.8 Å². The Labute approximate surface area is 98.8 Å². The lowest BCUT2D eigenvalue weighted by atomic mass is 10.1. The summed E-state index contributed by atoms with van der Waals surface area (Å²) < 4.78 is 1.81. The fraction of sp³-hybridized carbons (Fsp3) is 0.308. The molecule has 2 aromatic rings. The van der Waals surface area contributed by atoms with Crippen molar-refractivity contribution in [3.63, 3.8) is 0 Å². The van der Waals surface area contributed by atoms with Crippen molar-refractivity contribution in [3.8, 4) is 0 Å². The van der Waals surface area contributed by atoms with Crippen LogP contribution in [0.3, 0.4) is 0 Å². The van der Waals surface area contributed by atoms with E-state index >= 15 is 0 Å². The first-order valence-electron chi connectivity index (χ1n) is 5.53. The molecule has 1 heterocycles. The molecule has 0 N–H and O–H groups in total. The summed E-state index contributed by atoms with van der Waals surface area (Å²) >= 11 is 5.68. The Kier molecular flexibility index (Phi) is 2.25. The van der Waals surface area contributed by atoms with Gasteiger partial charge in [-0.15, -0.1) is 11.6 Å². The summed E-state index contributed by atoms with van der Waals surface area (Å²) in [5, 5.41) is 1.22. The molecule has 82 valence electrons. The van der Waals surface area contributed by atoms with Crippen LogP contribution in [0.25, 0.3) is 10.9 Å². The lowest BCUT2D eigenvalue weighted by Crippen LogP contribution is -2.14. The van der Waals surface area contributed by atoms with Gasteiger partial charge in [-0.05, 0) is 30.9 Å². The minimum atomic E-state index is -0.0129. The second kappa shape index (κ2) is 3.63. The highest BCUT2D eigenvalue weighted by atomic mass is 35.5. The van der Waals surface area contributed by atoms with Gasteiger partial charge in [0, 0.05) is 11.1 Å². The average Bonchev–Trinajstić information content (AvgIpc) is 2.87. The highest BCUT2D eigenvalue weighted by Gasteiger charge is 2.23. The Balaban J connectivity index is 2.37. The number of carbonyl (C=O) groups is 1. The van der Waals surface area contributed by atoms with Crippen molar-refractivity contribution in [2.24, 2.45) is 0 Å². The lowest BCUT2D eigenvalue weighted by Gasteiger charge is -2.04. The zero-order chi connectivity index (χ0) is 11.1. The number of alkyl halides is 1. The quantitative estimate of drug-likeness (QED) is 0.694. The van der Waals surface area contributed by atoms with Crippen molar-refractivity contribution in [3.05, 3.63) is 35.5 Å². The molecule has 0 radical (unpaired) electrons. The maximum Gasteiger partial charge on any atom is 0.246 e. The van der Waals surface area contributed by atoms with E-state index in [1.165, 1.54) is 16.6 Å². The molecular weight excluding hydrogens is 222 g/mol. The number of fused-ring (bicyclic) bond motifs is 3. The van der Waals surface area contributed by atoms with Crippen molar-refractivity contribution in [1.29, 1.82) is 0 Å². The van der Waals surface area contributed by atoms with Gasteiger partial charge < -0.3 is 0 Å². The minimum absolute atomic E-state index is 0.0129. The van der Waals surface area contributed by atoms with Gasteiger partial charge in [0.05, 0.1) is 5.52 Å². The molecule has 2 nitrogen and oxygen atoms in total. The number of rotatable bonds is 1. The van der Waals surface area contributed by atoms with Crippen LogP contribution in [0.2, 0.25) is 0 Å². The maximum absolute atomic E-state index is 11.9. The van der Waals surface area contributed by atoms with Crippen LogP contribution < -0.4 is 0 Å². The number of benzene rings is 1. The third-order valence-corrected chi connectivity index (χ3v) is 3.52. The monoisotopic (exact) mass is 233 g/mol. The predicted octanol–water partition coefficient (Wildman–Crippen LogP) is 3.01. The Bertz CT molecular complexity index is 571. The van der Waals surface area contributed by atoms with Gasteiger partial charge in [-0.2, -0.15) is 0 Å². The number of aromatic nitrogens is 1. The topological polar surface area (TPSA) is 22.0 Å². The molecule has 3 rings (SSSR count). The van der Waals surface area contributed by atoms with E-state index in [0.717, 1.165) is 24.8 Å². The van der Waals surface area contributed by atoms with Gasteiger partial charge in [0.2, 0.25) is 5.91 Å². The molecular formula is C13H12ClNO. The largest absolute Gasteiger partial charge is 0.283 e. The molecule has 16 heavy (non-hydrogen) atoms. The third kappa shape index (κ3) is 1.23. The molecule has 0 spiro atoms. The van der Waals surface area contributed by atoms with Crippen molar-refractivity contribution < 1.29 is 4.79 Å². The number of hydrogen-bond donors (Lipinski definition) is 0. The predicted molar refractivity (Wildman–Crippen MR) is 65.3 cm³/mol. The molecule has 0 amide bonds. The third-order valence-electron chi connectivity index (χ3n) is 3.29. The van der Waals surface area contributed by atoms with Crippen LogP contribution >= 0.6 is 11.6 Å². The first-order chi connectivity index (χ1) is 7.83. The van der Waals surface area contributed by atoms with Crippen molar-refractivity contribution in [1.82, 2.24) is 4.57 Å². The second-order valence-corrected chi connectivity index (χ2v) is 4.43. The summed E-state index contributed by atoms with van der Waals surface area (Å²) in [6.45, 7) is 0. The van der Waals surface area contributed by atoms with Crippen LogP contribution in [0.5, 0.6) is 0 Å². The zero-order valence-electron chi connectivity index (χ0n) is 8.87. The van der Waals surface area contributed by atoms with E-state index in [0.29, 0.717) is 0 Å². The summed E-state index contributed by atoms with van der Waals surface area (Å²) in [6.07, 6.45) is 3.22. The number of carbonyl (C=O) groups excluding carboxylic acids is 1. The normalized spacial score (nSPS) is 14.3. The maximum atomic E-state index is 11.9. The number of para-hydroxylation sites is 1. The molecule has 0 bridgehead atoms. The Morgan fingerprint density at radius 3 is 2.94 bits per heavy atom. The van der Waals surface area contributed by atoms with Crippen molar-refractivity contribution in [2.45, 2.75) is 19.3 Å². The molecule has 0 saturated carbocycles. The van der Waals surface area contributed by atoms with Gasteiger partial charge in [-0.25, -0.2) is 0 Å². The summed E-state index contributed by atoms with van der Waals surface area (Å²) in [6, 6.07) is 8.08. The van der Waals surface area contributed by atoms with Gasteiger partial charge in [-0.3, -0.25) is 9.36 Å². The summed E-state index contributed by atoms with van der Waals surface area (Å²) in [5.41, 5.74) is 3.53. The summed E-state index contributed by atoms with van der Waals surface area (Å²) in [5.74, 6) is 0.0338. The molecule has 0 aliphatic heterocycles. The molecule has 1 aromatic heterocycles. The molecule has 1 aliphatic carbocycles. The Morgan fingerprint density at radius 1 is 1.31 bits per heavy atom. The van der Waals surface area contributed by atoms with Crippen LogP contribution in [-0.4, -0.2) is 16.4 Å². The second-order valence-electron chi connectivity index (χ2n) is 4.16. The SMILES string of the molecule is O=C(CCl)n1c2c(c3ccccc31)CCC2. The standard InChI is InChI=1S/C13H12ClNO/c14-8-13(16)15-11-6-2-1-4-9(11)10-5-3-7-12(10)15/h1-2,4,6H,3,5,7-8H2. The number of aryl methyl sites for hydroxylation is 1. The van der Waals surface area contributed by atoms with E-state index in [2.05, 4.69) is 6.07 Å². The highest BCUT2D eigenvalue weighted by Crippen LogP contribution is 2.32. The Hall–Kier alpha value is -1.28. The number of halogens is 1. The lowest BCUT2D eigenvalue weighted by molar-refractivity contribution is 0.0942. The molecule has 0 saturated heterocycles. The smallest absolute Gasteiger partial charge is 0.246 e. The van der Waals surface area contributed by atoms with Crippen molar-refractivity contribution in [2.75, 3.05) is 5.88 Å². The van der Waals surface area contributed by atoms with E-state index in [9.17, 15) is 4.79 Å². The van der Waals surface area contributed by atoms with Crippen LogP contribution in [0, 0.1) is 0 Å². The minimum Gasteiger partial charge on any atom is -0.283 e. The fourth-order valence-electron chi connectivity index (χ4n) is 2.68. The highest BCUT2D eigenvalue weighted by molar-refractivity contribution is 6.28. The van der Waals surface area contributed by atoms with Gasteiger partial charge in [0.25, 0.3) is 0 Å². The number of hydrogen-bond acceptors (Lipinski definition) is 1. The molecule has 1 aromatic carbocycles. The van der Waals surface area contributed by atoms with Gasteiger partial charge in [0.15, 0.2) is 0 Å².